The van der Waals surface area contributed by atoms with E-state index in [-0.39, 0.29) is 11.8 Å². The van der Waals surface area contributed by atoms with Gasteiger partial charge in [-0.2, -0.15) is 0 Å². The molecule has 0 spiro atoms. The highest BCUT2D eigenvalue weighted by Gasteiger charge is 2.28. The van der Waals surface area contributed by atoms with Crippen LogP contribution in [0.25, 0.3) is 0 Å². The molecule has 0 aliphatic carbocycles. The smallest absolute Gasteiger partial charge is 0.226 e. The first kappa shape index (κ1) is 19.4. The third kappa shape index (κ3) is 4.89. The molecule has 0 N–H and O–H groups in total. The third-order valence-electron chi connectivity index (χ3n) is 5.19. The lowest BCUT2D eigenvalue weighted by Crippen LogP contribution is -2.42. The van der Waals surface area contributed by atoms with Crippen molar-refractivity contribution in [3.05, 3.63) is 64.7 Å². The topological polar surface area (TPSA) is 40.6 Å². The summed E-state index contributed by atoms with van der Waals surface area (Å²) in [5.74, 6) is 0.295. The molecule has 1 aliphatic heterocycles. The molecule has 0 unspecified atom stereocenters. The maximum atomic E-state index is 13.0. The Kier molecular flexibility index (Phi) is 6.51. The fourth-order valence-corrected chi connectivity index (χ4v) is 3.82. The highest BCUT2D eigenvalue weighted by atomic mass is 35.5. The fourth-order valence-electron chi connectivity index (χ4n) is 3.61. The maximum Gasteiger partial charge on any atom is 0.226 e. The van der Waals surface area contributed by atoms with Crippen LogP contribution in [0.5, 0.6) is 0 Å². The van der Waals surface area contributed by atoms with E-state index in [1.165, 1.54) is 0 Å². The number of amides is 1. The lowest BCUT2D eigenvalue weighted by atomic mass is 9.94. The second kappa shape index (κ2) is 9.05. The molecule has 1 saturated heterocycles. The predicted molar refractivity (Wildman–Crippen MR) is 109 cm³/mol. The Hall–Kier alpha value is -2.33. The first-order chi connectivity index (χ1) is 13.1. The van der Waals surface area contributed by atoms with Gasteiger partial charge in [-0.05, 0) is 61.7 Å². The molecule has 2 aromatic rings. The highest BCUT2D eigenvalue weighted by Crippen LogP contribution is 2.25. The number of aldehydes is 1. The van der Waals surface area contributed by atoms with Crippen LogP contribution in [0.15, 0.2) is 48.5 Å². The molecule has 2 aromatic carbocycles. The van der Waals surface area contributed by atoms with E-state index < -0.39 is 0 Å². The number of anilines is 1. The zero-order chi connectivity index (χ0) is 19.2. The van der Waals surface area contributed by atoms with Crippen molar-refractivity contribution in [3.8, 4) is 0 Å². The van der Waals surface area contributed by atoms with Crippen LogP contribution in [0.3, 0.4) is 0 Å². The summed E-state index contributed by atoms with van der Waals surface area (Å²) in [7, 11) is 0. The Balaban J connectivity index is 1.58. The summed E-state index contributed by atoms with van der Waals surface area (Å²) >= 11 is 6.06. The Bertz CT molecular complexity index is 783. The number of carbonyl (C=O) groups excluding carboxylic acids is 2. The molecule has 0 radical (unpaired) electrons. The number of benzene rings is 2. The zero-order valence-electron chi connectivity index (χ0n) is 15.6. The molecule has 4 nitrogen and oxygen atoms in total. The normalized spacial score (nSPS) is 14.8. The lowest BCUT2D eigenvalue weighted by Gasteiger charge is -2.35. The SMILES string of the molecule is CCN(Cc1cccc(Cl)c1)C(=O)C1CCN(c2ccc(C=O)cc2)CC1. The molecular weight excluding hydrogens is 360 g/mol. The van der Waals surface area contributed by atoms with E-state index in [4.69, 9.17) is 11.6 Å². The molecule has 3 rings (SSSR count). The zero-order valence-corrected chi connectivity index (χ0v) is 16.4. The van der Waals surface area contributed by atoms with Gasteiger partial charge < -0.3 is 9.80 Å². The number of hydrogen-bond acceptors (Lipinski definition) is 3. The minimum atomic E-state index is 0.0645. The Morgan fingerprint density at radius 1 is 1.19 bits per heavy atom. The molecule has 142 valence electrons. The molecule has 27 heavy (non-hydrogen) atoms. The van der Waals surface area contributed by atoms with Crippen LogP contribution in [-0.4, -0.2) is 36.7 Å². The van der Waals surface area contributed by atoms with Crippen molar-refractivity contribution < 1.29 is 9.59 Å². The van der Waals surface area contributed by atoms with E-state index in [9.17, 15) is 9.59 Å². The second-order valence-corrected chi connectivity index (χ2v) is 7.39. The average molecular weight is 385 g/mol. The summed E-state index contributed by atoms with van der Waals surface area (Å²) in [5.41, 5.74) is 2.85. The molecule has 1 fully saturated rings. The van der Waals surface area contributed by atoms with Gasteiger partial charge in [-0.1, -0.05) is 23.7 Å². The van der Waals surface area contributed by atoms with Crippen LogP contribution >= 0.6 is 11.6 Å². The van der Waals surface area contributed by atoms with Crippen LogP contribution in [-0.2, 0) is 11.3 Å². The lowest BCUT2D eigenvalue weighted by molar-refractivity contribution is -0.136. The summed E-state index contributed by atoms with van der Waals surface area (Å²) in [6.45, 7) is 5.02. The van der Waals surface area contributed by atoms with Gasteiger partial charge in [-0.15, -0.1) is 0 Å². The Morgan fingerprint density at radius 3 is 2.48 bits per heavy atom. The van der Waals surface area contributed by atoms with E-state index in [1.54, 1.807) is 0 Å². The molecule has 1 aliphatic rings. The summed E-state index contributed by atoms with van der Waals surface area (Å²) in [5, 5.41) is 0.699. The van der Waals surface area contributed by atoms with Gasteiger partial charge in [-0.3, -0.25) is 9.59 Å². The Morgan fingerprint density at radius 2 is 1.89 bits per heavy atom. The van der Waals surface area contributed by atoms with Crippen molar-refractivity contribution in [1.82, 2.24) is 4.90 Å². The summed E-state index contributed by atoms with van der Waals surface area (Å²) in [4.78, 5) is 28.0. The molecule has 0 atom stereocenters. The molecule has 1 heterocycles. The van der Waals surface area contributed by atoms with Crippen molar-refractivity contribution in [2.75, 3.05) is 24.5 Å². The van der Waals surface area contributed by atoms with Crippen molar-refractivity contribution in [2.45, 2.75) is 26.3 Å². The molecule has 0 saturated carbocycles. The summed E-state index contributed by atoms with van der Waals surface area (Å²) in [6.07, 6.45) is 2.55. The first-order valence-corrected chi connectivity index (χ1v) is 9.82. The molecule has 1 amide bonds. The van der Waals surface area contributed by atoms with Crippen LogP contribution in [0.4, 0.5) is 5.69 Å². The number of halogens is 1. The van der Waals surface area contributed by atoms with E-state index in [0.717, 1.165) is 43.5 Å². The number of hydrogen-bond donors (Lipinski definition) is 0. The largest absolute Gasteiger partial charge is 0.371 e. The second-order valence-electron chi connectivity index (χ2n) is 6.95. The summed E-state index contributed by atoms with van der Waals surface area (Å²) < 4.78 is 0. The predicted octanol–water partition coefficient (Wildman–Crippen LogP) is 4.42. The first-order valence-electron chi connectivity index (χ1n) is 9.44. The monoisotopic (exact) mass is 384 g/mol. The van der Waals surface area contributed by atoms with Gasteiger partial charge in [0.05, 0.1) is 0 Å². The van der Waals surface area contributed by atoms with Crippen molar-refractivity contribution in [3.63, 3.8) is 0 Å². The van der Waals surface area contributed by atoms with Crippen molar-refractivity contribution in [2.24, 2.45) is 5.92 Å². The van der Waals surface area contributed by atoms with E-state index in [1.807, 2.05) is 60.4 Å². The van der Waals surface area contributed by atoms with Crippen LogP contribution in [0.1, 0.15) is 35.7 Å². The van der Waals surface area contributed by atoms with Crippen LogP contribution in [0, 0.1) is 5.92 Å². The van der Waals surface area contributed by atoms with Gasteiger partial charge in [0.25, 0.3) is 0 Å². The minimum absolute atomic E-state index is 0.0645. The van der Waals surface area contributed by atoms with E-state index in [2.05, 4.69) is 4.90 Å². The molecular formula is C22H25ClN2O2. The number of rotatable bonds is 6. The quantitative estimate of drug-likeness (QED) is 0.692. The summed E-state index contributed by atoms with van der Waals surface area (Å²) in [6, 6.07) is 15.3. The molecule has 0 aromatic heterocycles. The average Bonchev–Trinajstić information content (AvgIpc) is 2.72. The number of piperidine rings is 1. The van der Waals surface area contributed by atoms with Crippen molar-refractivity contribution >= 4 is 29.5 Å². The molecule has 5 heteroatoms. The standard InChI is InChI=1S/C22H25ClN2O2/c1-2-24(15-18-4-3-5-20(23)14-18)22(27)19-10-12-25(13-11-19)21-8-6-17(16-26)7-9-21/h3-9,14,16,19H,2,10-13,15H2,1H3. The van der Waals surface area contributed by atoms with Gasteiger partial charge in [0.1, 0.15) is 6.29 Å². The molecule has 0 bridgehead atoms. The van der Waals surface area contributed by atoms with Gasteiger partial charge in [0.15, 0.2) is 0 Å². The minimum Gasteiger partial charge on any atom is -0.371 e. The Labute approximate surface area is 165 Å². The van der Waals surface area contributed by atoms with E-state index >= 15 is 0 Å². The van der Waals surface area contributed by atoms with Gasteiger partial charge in [-0.25, -0.2) is 0 Å². The maximum absolute atomic E-state index is 13.0. The van der Waals surface area contributed by atoms with Crippen LogP contribution in [0.2, 0.25) is 5.02 Å². The van der Waals surface area contributed by atoms with Crippen molar-refractivity contribution in [1.29, 1.82) is 0 Å². The van der Waals surface area contributed by atoms with Gasteiger partial charge >= 0.3 is 0 Å². The van der Waals surface area contributed by atoms with Crippen LogP contribution < -0.4 is 4.90 Å². The third-order valence-corrected chi connectivity index (χ3v) is 5.43. The number of nitrogens with zero attached hydrogens (tertiary/aromatic N) is 2. The van der Waals surface area contributed by atoms with E-state index in [0.29, 0.717) is 23.7 Å². The van der Waals surface area contributed by atoms with Gasteiger partial charge in [0.2, 0.25) is 5.91 Å². The van der Waals surface area contributed by atoms with Gasteiger partial charge in [0, 0.05) is 48.4 Å². The highest BCUT2D eigenvalue weighted by molar-refractivity contribution is 6.30. The fraction of sp³-hybridized carbons (Fsp3) is 0.364. The number of carbonyl (C=O) groups is 2.